The molecule has 0 atom stereocenters. The van der Waals surface area contributed by atoms with Gasteiger partial charge in [-0.15, -0.1) is 0 Å². The van der Waals surface area contributed by atoms with Crippen molar-refractivity contribution in [2.75, 3.05) is 14.2 Å². The highest BCUT2D eigenvalue weighted by Gasteiger charge is 2.16. The molecule has 2 rings (SSSR count). The first-order chi connectivity index (χ1) is 11.0. The van der Waals surface area contributed by atoms with Crippen molar-refractivity contribution in [2.24, 2.45) is 0 Å². The molecule has 0 spiro atoms. The van der Waals surface area contributed by atoms with Crippen molar-refractivity contribution in [1.29, 1.82) is 0 Å². The quantitative estimate of drug-likeness (QED) is 0.834. The molecule has 124 valence electrons. The number of methoxy groups -OCH3 is 2. The summed E-state index contributed by atoms with van der Waals surface area (Å²) in [7, 11) is 3.08. The van der Waals surface area contributed by atoms with Gasteiger partial charge in [-0.2, -0.15) is 0 Å². The monoisotopic (exact) mass is 316 g/mol. The first kappa shape index (κ1) is 17.0. The fraction of sp³-hybridized carbons (Fsp3) is 0.368. The number of benzene rings is 2. The Morgan fingerprint density at radius 1 is 0.783 bits per heavy atom. The van der Waals surface area contributed by atoms with Gasteiger partial charge in [0.1, 0.15) is 0 Å². The Labute approximate surface area is 137 Å². The Hall–Kier alpha value is -2.36. The summed E-state index contributed by atoms with van der Waals surface area (Å²) in [5.74, 6) is 1.12. The van der Waals surface area contributed by atoms with Crippen LogP contribution in [0.1, 0.15) is 31.4 Å². The van der Waals surface area contributed by atoms with Crippen LogP contribution in [-0.4, -0.2) is 24.4 Å². The van der Waals surface area contributed by atoms with Gasteiger partial charge in [0.2, 0.25) is 0 Å². The van der Waals surface area contributed by atoms with E-state index in [0.29, 0.717) is 11.5 Å². The van der Waals surface area contributed by atoms with Crippen molar-refractivity contribution in [3.8, 4) is 34.1 Å². The number of hydrogen-bond donors (Lipinski definition) is 2. The lowest BCUT2D eigenvalue weighted by molar-refractivity contribution is 0.372. The van der Waals surface area contributed by atoms with Crippen LogP contribution in [0.25, 0.3) is 11.1 Å². The molecule has 4 heteroatoms. The van der Waals surface area contributed by atoms with Gasteiger partial charge >= 0.3 is 0 Å². The van der Waals surface area contributed by atoms with Crippen LogP contribution in [0.2, 0.25) is 0 Å². The zero-order valence-corrected chi connectivity index (χ0v) is 14.1. The maximum Gasteiger partial charge on any atom is 0.160 e. The summed E-state index contributed by atoms with van der Waals surface area (Å²) < 4.78 is 10.4. The van der Waals surface area contributed by atoms with Crippen LogP contribution < -0.4 is 9.47 Å². The molecule has 0 aliphatic carbocycles. The third kappa shape index (κ3) is 3.36. The summed E-state index contributed by atoms with van der Waals surface area (Å²) in [5.41, 5.74) is 3.97. The third-order valence-corrected chi connectivity index (χ3v) is 4.00. The molecule has 0 aliphatic heterocycles. The highest BCUT2D eigenvalue weighted by molar-refractivity contribution is 5.76. The van der Waals surface area contributed by atoms with Gasteiger partial charge in [0, 0.05) is 0 Å². The molecule has 0 saturated heterocycles. The van der Waals surface area contributed by atoms with Crippen LogP contribution in [0.5, 0.6) is 23.0 Å². The van der Waals surface area contributed by atoms with Gasteiger partial charge in [-0.05, 0) is 59.4 Å². The van der Waals surface area contributed by atoms with Crippen molar-refractivity contribution in [3.05, 3.63) is 35.4 Å². The molecule has 2 aromatic rings. The summed E-state index contributed by atoms with van der Waals surface area (Å²) in [6.07, 6.45) is 2.64. The minimum absolute atomic E-state index is 0.0949. The van der Waals surface area contributed by atoms with Crippen LogP contribution >= 0.6 is 0 Å². The smallest absolute Gasteiger partial charge is 0.160 e. The second-order valence-corrected chi connectivity index (χ2v) is 5.47. The lowest BCUT2D eigenvalue weighted by Crippen LogP contribution is -1.97. The molecule has 0 bridgehead atoms. The second-order valence-electron chi connectivity index (χ2n) is 5.47. The predicted molar refractivity (Wildman–Crippen MR) is 91.7 cm³/mol. The Kier molecular flexibility index (Phi) is 5.37. The van der Waals surface area contributed by atoms with Crippen molar-refractivity contribution in [1.82, 2.24) is 0 Å². The van der Waals surface area contributed by atoms with Gasteiger partial charge < -0.3 is 19.7 Å². The minimum Gasteiger partial charge on any atom is -0.504 e. The molecule has 0 unspecified atom stereocenters. The molecule has 0 aliphatic rings. The maximum absolute atomic E-state index is 10.2. The molecular weight excluding hydrogens is 292 g/mol. The number of aromatic hydroxyl groups is 2. The van der Waals surface area contributed by atoms with E-state index in [9.17, 15) is 10.2 Å². The number of phenolic OH excluding ortho intramolecular Hbond substituents is 2. The largest absolute Gasteiger partial charge is 0.504 e. The third-order valence-electron chi connectivity index (χ3n) is 4.00. The van der Waals surface area contributed by atoms with Gasteiger partial charge in [-0.1, -0.05) is 20.3 Å². The van der Waals surface area contributed by atoms with Gasteiger partial charge in [0.15, 0.2) is 23.0 Å². The Morgan fingerprint density at radius 3 is 1.70 bits per heavy atom. The van der Waals surface area contributed by atoms with Crippen LogP contribution in [0, 0.1) is 0 Å². The summed E-state index contributed by atoms with van der Waals surface area (Å²) in [6, 6.07) is 7.14. The lowest BCUT2D eigenvalue weighted by Gasteiger charge is -2.17. The van der Waals surface area contributed by atoms with Crippen LogP contribution in [0.15, 0.2) is 24.3 Å². The molecule has 0 saturated carbocycles. The van der Waals surface area contributed by atoms with Gasteiger partial charge in [-0.3, -0.25) is 0 Å². The Bertz CT molecular complexity index is 692. The van der Waals surface area contributed by atoms with E-state index in [0.717, 1.165) is 41.5 Å². The molecule has 2 aromatic carbocycles. The Balaban J connectivity index is 2.69. The molecule has 2 N–H and O–H groups in total. The first-order valence-electron chi connectivity index (χ1n) is 7.85. The lowest BCUT2D eigenvalue weighted by atomic mass is 9.91. The topological polar surface area (TPSA) is 58.9 Å². The highest BCUT2D eigenvalue weighted by Crippen LogP contribution is 2.40. The SMILES string of the molecule is CCCc1cc(OC)c(O)cc1-c1cc(O)c(OC)cc1CC. The van der Waals surface area contributed by atoms with E-state index in [4.69, 9.17) is 9.47 Å². The number of phenols is 2. The van der Waals surface area contributed by atoms with E-state index in [1.165, 1.54) is 7.11 Å². The molecule has 0 aromatic heterocycles. The van der Waals surface area contributed by atoms with Gasteiger partial charge in [0.25, 0.3) is 0 Å². The summed E-state index contributed by atoms with van der Waals surface area (Å²) >= 11 is 0. The molecule has 23 heavy (non-hydrogen) atoms. The van der Waals surface area contributed by atoms with Crippen molar-refractivity contribution in [2.45, 2.75) is 33.1 Å². The zero-order valence-electron chi connectivity index (χ0n) is 14.1. The van der Waals surface area contributed by atoms with Gasteiger partial charge in [-0.25, -0.2) is 0 Å². The number of ether oxygens (including phenoxy) is 2. The summed E-state index contributed by atoms with van der Waals surface area (Å²) in [4.78, 5) is 0. The molecule has 0 amide bonds. The summed E-state index contributed by atoms with van der Waals surface area (Å²) in [6.45, 7) is 4.16. The molecule has 0 radical (unpaired) electrons. The second kappa shape index (κ2) is 7.27. The van der Waals surface area contributed by atoms with Crippen molar-refractivity contribution < 1.29 is 19.7 Å². The average Bonchev–Trinajstić information content (AvgIpc) is 2.56. The van der Waals surface area contributed by atoms with E-state index in [1.54, 1.807) is 19.2 Å². The van der Waals surface area contributed by atoms with Crippen molar-refractivity contribution >= 4 is 0 Å². The number of rotatable bonds is 6. The predicted octanol–water partition coefficient (Wildman–Crippen LogP) is 4.30. The van der Waals surface area contributed by atoms with Gasteiger partial charge in [0.05, 0.1) is 14.2 Å². The van der Waals surface area contributed by atoms with Crippen molar-refractivity contribution in [3.63, 3.8) is 0 Å². The number of hydrogen-bond acceptors (Lipinski definition) is 4. The average molecular weight is 316 g/mol. The van der Waals surface area contributed by atoms with E-state index in [-0.39, 0.29) is 11.5 Å². The van der Waals surface area contributed by atoms with E-state index >= 15 is 0 Å². The standard InChI is InChI=1S/C19H24O4/c1-5-7-13-9-19(23-4)17(21)11-15(13)14-10-16(20)18(22-3)8-12(14)6-2/h8-11,20-21H,5-7H2,1-4H3. The molecule has 4 nitrogen and oxygen atoms in total. The first-order valence-corrected chi connectivity index (χ1v) is 7.85. The van der Waals surface area contributed by atoms with E-state index < -0.39 is 0 Å². The zero-order chi connectivity index (χ0) is 17.0. The molecular formula is C19H24O4. The highest BCUT2D eigenvalue weighted by atomic mass is 16.5. The Morgan fingerprint density at radius 2 is 1.26 bits per heavy atom. The minimum atomic E-state index is 0.0949. The maximum atomic E-state index is 10.2. The summed E-state index contributed by atoms with van der Waals surface area (Å²) in [5, 5.41) is 20.3. The molecule has 0 heterocycles. The fourth-order valence-corrected chi connectivity index (χ4v) is 2.82. The van der Waals surface area contributed by atoms with Crippen LogP contribution in [0.3, 0.4) is 0 Å². The van der Waals surface area contributed by atoms with Crippen LogP contribution in [-0.2, 0) is 12.8 Å². The van der Waals surface area contributed by atoms with E-state index in [1.807, 2.05) is 12.1 Å². The normalized spacial score (nSPS) is 10.6. The fourth-order valence-electron chi connectivity index (χ4n) is 2.82. The van der Waals surface area contributed by atoms with E-state index in [2.05, 4.69) is 13.8 Å². The van der Waals surface area contributed by atoms with Crippen LogP contribution in [0.4, 0.5) is 0 Å². The number of aryl methyl sites for hydroxylation is 2. The molecule has 0 fully saturated rings.